The number of fused-ring (bicyclic) bond motifs is 4. The summed E-state index contributed by atoms with van der Waals surface area (Å²) in [6.45, 7) is 0. The molecule has 1 heterocycles. The van der Waals surface area contributed by atoms with Crippen molar-refractivity contribution in [1.29, 1.82) is 0 Å². The van der Waals surface area contributed by atoms with Crippen LogP contribution in [-0.2, 0) is 0 Å². The Morgan fingerprint density at radius 3 is 1.76 bits per heavy atom. The van der Waals surface area contributed by atoms with Crippen LogP contribution in [-0.4, -0.2) is 0 Å². The van der Waals surface area contributed by atoms with Gasteiger partial charge in [0.2, 0.25) is 0 Å². The van der Waals surface area contributed by atoms with Gasteiger partial charge in [-0.15, -0.1) is 0 Å². The van der Waals surface area contributed by atoms with Crippen LogP contribution in [0, 0.1) is 0 Å². The summed E-state index contributed by atoms with van der Waals surface area (Å²) in [7, 11) is 0. The SMILES string of the molecule is c1ccc(-c2ccc(-c3ccccc3N(c3ccc(-c4cccc5c4oc4ccccc45)cc3)c3cccc(-c4ccc5ccccc5c4)c3)cc2)cc1. The molecule has 0 saturated carbocycles. The lowest BCUT2D eigenvalue weighted by Gasteiger charge is -2.28. The number of rotatable bonds is 7. The molecule has 1 aromatic heterocycles. The Morgan fingerprint density at radius 1 is 0.315 bits per heavy atom. The molecule has 0 N–H and O–H groups in total. The van der Waals surface area contributed by atoms with Gasteiger partial charge in [0.05, 0.1) is 5.69 Å². The number of anilines is 3. The highest BCUT2D eigenvalue weighted by molar-refractivity contribution is 6.09. The Kier molecular flexibility index (Phi) is 7.85. The van der Waals surface area contributed by atoms with Gasteiger partial charge in [0.15, 0.2) is 0 Å². The van der Waals surface area contributed by atoms with Crippen molar-refractivity contribution in [1.82, 2.24) is 0 Å². The molecule has 0 unspecified atom stereocenters. The van der Waals surface area contributed by atoms with E-state index in [4.69, 9.17) is 4.42 Å². The van der Waals surface area contributed by atoms with E-state index in [2.05, 4.69) is 205 Å². The minimum absolute atomic E-state index is 0.905. The number of furan rings is 1. The van der Waals surface area contributed by atoms with Gasteiger partial charge in [0.1, 0.15) is 11.2 Å². The molecule has 254 valence electrons. The molecule has 0 atom stereocenters. The van der Waals surface area contributed by atoms with Crippen LogP contribution in [0.1, 0.15) is 0 Å². The zero-order chi connectivity index (χ0) is 35.8. The fraction of sp³-hybridized carbons (Fsp3) is 0. The first-order valence-electron chi connectivity index (χ1n) is 18.4. The quantitative estimate of drug-likeness (QED) is 0.166. The van der Waals surface area contributed by atoms with E-state index in [9.17, 15) is 0 Å². The molecule has 54 heavy (non-hydrogen) atoms. The van der Waals surface area contributed by atoms with Crippen LogP contribution in [0.3, 0.4) is 0 Å². The minimum Gasteiger partial charge on any atom is -0.455 e. The second-order valence-electron chi connectivity index (χ2n) is 13.7. The normalized spacial score (nSPS) is 11.3. The van der Waals surface area contributed by atoms with Crippen LogP contribution < -0.4 is 4.90 Å². The number of hydrogen-bond donors (Lipinski definition) is 0. The number of benzene rings is 9. The van der Waals surface area contributed by atoms with Crippen molar-refractivity contribution in [2.75, 3.05) is 4.90 Å². The van der Waals surface area contributed by atoms with Crippen molar-refractivity contribution in [2.24, 2.45) is 0 Å². The third-order valence-corrected chi connectivity index (χ3v) is 10.5. The molecule has 0 amide bonds. The maximum Gasteiger partial charge on any atom is 0.143 e. The highest BCUT2D eigenvalue weighted by Gasteiger charge is 2.19. The van der Waals surface area contributed by atoms with E-state index in [1.807, 2.05) is 12.1 Å². The standard InChI is InChI=1S/C52H35NO/c1-2-12-36(13-3-1)38-24-27-39(28-25-38)46-18-6-8-22-50(46)53(45-17-10-16-42(35-45)43-29-26-37-14-4-5-15-41(37)34-43)44-32-30-40(31-33-44)47-20-11-21-49-48-19-7-9-23-51(48)54-52(47)49/h1-35H. The molecule has 0 bridgehead atoms. The second kappa shape index (κ2) is 13.4. The van der Waals surface area contributed by atoms with Crippen molar-refractivity contribution >= 4 is 49.8 Å². The number of nitrogens with zero attached hydrogens (tertiary/aromatic N) is 1. The van der Waals surface area contributed by atoms with E-state index >= 15 is 0 Å². The summed E-state index contributed by atoms with van der Waals surface area (Å²) in [5.74, 6) is 0. The van der Waals surface area contributed by atoms with Gasteiger partial charge in [-0.1, -0.05) is 170 Å². The average Bonchev–Trinajstić information content (AvgIpc) is 3.64. The topological polar surface area (TPSA) is 16.4 Å². The molecule has 0 spiro atoms. The predicted octanol–water partition coefficient (Wildman–Crippen LogP) is 14.9. The largest absolute Gasteiger partial charge is 0.455 e. The van der Waals surface area contributed by atoms with Gasteiger partial charge in [-0.3, -0.25) is 0 Å². The molecule has 2 heteroatoms. The fourth-order valence-electron chi connectivity index (χ4n) is 7.77. The molecule has 0 radical (unpaired) electrons. The maximum atomic E-state index is 6.43. The molecule has 9 aromatic carbocycles. The minimum atomic E-state index is 0.905. The third-order valence-electron chi connectivity index (χ3n) is 10.5. The first-order chi connectivity index (χ1) is 26.8. The summed E-state index contributed by atoms with van der Waals surface area (Å²) in [5, 5.41) is 4.74. The highest BCUT2D eigenvalue weighted by Crippen LogP contribution is 2.43. The Labute approximate surface area is 314 Å². The van der Waals surface area contributed by atoms with Gasteiger partial charge in [-0.25, -0.2) is 0 Å². The Hall–Kier alpha value is -7.16. The molecule has 2 nitrogen and oxygen atoms in total. The number of para-hydroxylation sites is 3. The summed E-state index contributed by atoms with van der Waals surface area (Å²) >= 11 is 0. The molecular formula is C52H35NO. The Morgan fingerprint density at radius 2 is 0.889 bits per heavy atom. The van der Waals surface area contributed by atoms with Crippen LogP contribution in [0.5, 0.6) is 0 Å². The summed E-state index contributed by atoms with van der Waals surface area (Å²) < 4.78 is 6.43. The van der Waals surface area contributed by atoms with Crippen molar-refractivity contribution < 1.29 is 4.42 Å². The molecule has 10 rings (SSSR count). The molecule has 0 aliphatic carbocycles. The van der Waals surface area contributed by atoms with Crippen LogP contribution in [0.15, 0.2) is 217 Å². The third kappa shape index (κ3) is 5.71. The van der Waals surface area contributed by atoms with Crippen molar-refractivity contribution in [2.45, 2.75) is 0 Å². The molecule has 0 aliphatic heterocycles. The summed E-state index contributed by atoms with van der Waals surface area (Å²) in [4.78, 5) is 2.39. The van der Waals surface area contributed by atoms with E-state index in [1.165, 1.54) is 33.0 Å². The smallest absolute Gasteiger partial charge is 0.143 e. The van der Waals surface area contributed by atoms with Crippen LogP contribution in [0.2, 0.25) is 0 Å². The predicted molar refractivity (Wildman–Crippen MR) is 228 cm³/mol. The fourth-order valence-corrected chi connectivity index (χ4v) is 7.77. The van der Waals surface area contributed by atoms with Crippen molar-refractivity contribution in [3.8, 4) is 44.5 Å². The molecule has 0 fully saturated rings. The van der Waals surface area contributed by atoms with Crippen LogP contribution in [0.25, 0.3) is 77.2 Å². The van der Waals surface area contributed by atoms with E-state index in [0.717, 1.165) is 61.3 Å². The highest BCUT2D eigenvalue weighted by atomic mass is 16.3. The summed E-state index contributed by atoms with van der Waals surface area (Å²) in [6.07, 6.45) is 0. The van der Waals surface area contributed by atoms with Gasteiger partial charge < -0.3 is 9.32 Å². The summed E-state index contributed by atoms with van der Waals surface area (Å²) in [5.41, 5.74) is 14.4. The van der Waals surface area contributed by atoms with E-state index in [-0.39, 0.29) is 0 Å². The van der Waals surface area contributed by atoms with Gasteiger partial charge in [-0.05, 0) is 86.6 Å². The second-order valence-corrected chi connectivity index (χ2v) is 13.7. The Balaban J connectivity index is 1.10. The lowest BCUT2D eigenvalue weighted by atomic mass is 9.97. The van der Waals surface area contributed by atoms with Crippen LogP contribution >= 0.6 is 0 Å². The van der Waals surface area contributed by atoms with E-state index < -0.39 is 0 Å². The van der Waals surface area contributed by atoms with Gasteiger partial charge in [0, 0.05) is 33.3 Å². The van der Waals surface area contributed by atoms with Gasteiger partial charge in [-0.2, -0.15) is 0 Å². The zero-order valence-corrected chi connectivity index (χ0v) is 29.6. The lowest BCUT2D eigenvalue weighted by Crippen LogP contribution is -2.11. The Bertz CT molecular complexity index is 2920. The maximum absolute atomic E-state index is 6.43. The molecular weight excluding hydrogens is 655 g/mol. The van der Waals surface area contributed by atoms with E-state index in [0.29, 0.717) is 0 Å². The number of hydrogen-bond acceptors (Lipinski definition) is 2. The molecule has 0 aliphatic rings. The monoisotopic (exact) mass is 689 g/mol. The van der Waals surface area contributed by atoms with Crippen molar-refractivity contribution in [3.63, 3.8) is 0 Å². The van der Waals surface area contributed by atoms with Gasteiger partial charge in [0.25, 0.3) is 0 Å². The van der Waals surface area contributed by atoms with Gasteiger partial charge >= 0.3 is 0 Å². The first-order valence-corrected chi connectivity index (χ1v) is 18.4. The van der Waals surface area contributed by atoms with Crippen LogP contribution in [0.4, 0.5) is 17.1 Å². The first kappa shape index (κ1) is 31.6. The lowest BCUT2D eigenvalue weighted by molar-refractivity contribution is 0.670. The van der Waals surface area contributed by atoms with Crippen molar-refractivity contribution in [3.05, 3.63) is 212 Å². The zero-order valence-electron chi connectivity index (χ0n) is 29.6. The molecule has 10 aromatic rings. The average molecular weight is 690 g/mol. The summed E-state index contributed by atoms with van der Waals surface area (Å²) in [6, 6.07) is 75.9. The van der Waals surface area contributed by atoms with E-state index in [1.54, 1.807) is 0 Å². The molecule has 0 saturated heterocycles.